The number of amides is 2. The van der Waals surface area contributed by atoms with Crippen LogP contribution in [0.5, 0.6) is 5.75 Å². The van der Waals surface area contributed by atoms with E-state index in [9.17, 15) is 14.4 Å². The number of carbonyl (C=O) groups excluding carboxylic acids is 2. The van der Waals surface area contributed by atoms with E-state index in [4.69, 9.17) is 9.84 Å². The summed E-state index contributed by atoms with van der Waals surface area (Å²) in [5.74, 6) is -1.28. The quantitative estimate of drug-likeness (QED) is 0.861. The van der Waals surface area contributed by atoms with Crippen molar-refractivity contribution in [1.82, 2.24) is 4.90 Å². The molecule has 1 heterocycles. The Morgan fingerprint density at radius 2 is 2.14 bits per heavy atom. The van der Waals surface area contributed by atoms with Crippen molar-refractivity contribution in [3.05, 3.63) is 23.8 Å². The second kappa shape index (κ2) is 5.82. The topological polar surface area (TPSA) is 95.9 Å². The van der Waals surface area contributed by atoms with E-state index in [2.05, 4.69) is 5.32 Å². The maximum absolute atomic E-state index is 12.4. The summed E-state index contributed by atoms with van der Waals surface area (Å²) in [6, 6.07) is 4.87. The van der Waals surface area contributed by atoms with Crippen LogP contribution in [0.3, 0.4) is 0 Å². The number of aliphatic carboxylic acids is 1. The maximum atomic E-state index is 12.4. The van der Waals surface area contributed by atoms with Crippen LogP contribution in [0.2, 0.25) is 0 Å². The lowest BCUT2D eigenvalue weighted by Gasteiger charge is -2.26. The SMILES string of the molecule is CC1Oc2c(cccc2C(=O)N(C)CCC(=O)O)NC1=O. The van der Waals surface area contributed by atoms with Crippen molar-refractivity contribution in [2.75, 3.05) is 18.9 Å². The molecule has 2 amide bonds. The van der Waals surface area contributed by atoms with E-state index in [-0.39, 0.29) is 24.8 Å². The summed E-state index contributed by atoms with van der Waals surface area (Å²) >= 11 is 0. The molecular weight excluding hydrogens is 276 g/mol. The molecule has 0 aliphatic carbocycles. The largest absolute Gasteiger partial charge is 0.481 e. The van der Waals surface area contributed by atoms with E-state index in [1.165, 1.54) is 11.9 Å². The lowest BCUT2D eigenvalue weighted by Crippen LogP contribution is -2.36. The molecule has 1 aromatic rings. The van der Waals surface area contributed by atoms with Gasteiger partial charge in [-0.25, -0.2) is 0 Å². The summed E-state index contributed by atoms with van der Waals surface area (Å²) in [5, 5.41) is 11.3. The van der Waals surface area contributed by atoms with E-state index in [0.717, 1.165) is 0 Å². The first-order valence-corrected chi connectivity index (χ1v) is 6.48. The molecule has 2 N–H and O–H groups in total. The Balaban J connectivity index is 2.24. The van der Waals surface area contributed by atoms with Gasteiger partial charge in [-0.2, -0.15) is 0 Å². The van der Waals surface area contributed by atoms with Crippen molar-refractivity contribution < 1.29 is 24.2 Å². The highest BCUT2D eigenvalue weighted by Crippen LogP contribution is 2.33. The van der Waals surface area contributed by atoms with Gasteiger partial charge in [0.2, 0.25) is 0 Å². The van der Waals surface area contributed by atoms with Gasteiger partial charge >= 0.3 is 5.97 Å². The number of benzene rings is 1. The van der Waals surface area contributed by atoms with Crippen molar-refractivity contribution in [1.29, 1.82) is 0 Å². The van der Waals surface area contributed by atoms with Gasteiger partial charge in [0.25, 0.3) is 11.8 Å². The number of nitrogens with one attached hydrogen (secondary N) is 1. The van der Waals surface area contributed by atoms with Crippen LogP contribution in [0.15, 0.2) is 18.2 Å². The normalized spacial score (nSPS) is 16.5. The number of nitrogens with zero attached hydrogens (tertiary/aromatic N) is 1. The summed E-state index contributed by atoms with van der Waals surface area (Å²) in [7, 11) is 1.52. The van der Waals surface area contributed by atoms with Gasteiger partial charge in [-0.15, -0.1) is 0 Å². The Kier molecular flexibility index (Phi) is 4.11. The molecule has 1 unspecified atom stereocenters. The molecule has 112 valence electrons. The van der Waals surface area contributed by atoms with Crippen LogP contribution in [-0.2, 0) is 9.59 Å². The van der Waals surface area contributed by atoms with Crippen molar-refractivity contribution in [3.8, 4) is 5.75 Å². The fourth-order valence-electron chi connectivity index (χ4n) is 1.97. The second-order valence-electron chi connectivity index (χ2n) is 4.80. The molecule has 0 bridgehead atoms. The molecule has 21 heavy (non-hydrogen) atoms. The van der Waals surface area contributed by atoms with Gasteiger partial charge in [-0.1, -0.05) is 6.07 Å². The van der Waals surface area contributed by atoms with Crippen LogP contribution in [0.1, 0.15) is 23.7 Å². The zero-order valence-electron chi connectivity index (χ0n) is 11.8. The molecule has 0 spiro atoms. The third-order valence-electron chi connectivity index (χ3n) is 3.17. The van der Waals surface area contributed by atoms with Gasteiger partial charge in [-0.3, -0.25) is 14.4 Å². The molecule has 7 heteroatoms. The summed E-state index contributed by atoms with van der Waals surface area (Å²) in [6.07, 6.45) is -0.818. The number of fused-ring (bicyclic) bond motifs is 1. The van der Waals surface area contributed by atoms with Crippen LogP contribution in [-0.4, -0.2) is 47.5 Å². The zero-order valence-corrected chi connectivity index (χ0v) is 11.8. The molecule has 0 fully saturated rings. The number of carboxylic acid groups (broad SMARTS) is 1. The van der Waals surface area contributed by atoms with E-state index >= 15 is 0 Å². The van der Waals surface area contributed by atoms with E-state index in [0.29, 0.717) is 17.0 Å². The van der Waals surface area contributed by atoms with Crippen molar-refractivity contribution >= 4 is 23.5 Å². The van der Waals surface area contributed by atoms with Gasteiger partial charge < -0.3 is 20.1 Å². The Labute approximate surface area is 121 Å². The molecular formula is C14H16N2O5. The molecule has 1 aliphatic rings. The first-order valence-electron chi connectivity index (χ1n) is 6.48. The van der Waals surface area contributed by atoms with E-state index in [1.807, 2.05) is 0 Å². The number of hydrogen-bond donors (Lipinski definition) is 2. The molecule has 2 rings (SSSR count). The summed E-state index contributed by atoms with van der Waals surface area (Å²) in [6.45, 7) is 1.69. The van der Waals surface area contributed by atoms with Gasteiger partial charge in [0, 0.05) is 13.6 Å². The zero-order chi connectivity index (χ0) is 15.6. The highest BCUT2D eigenvalue weighted by molar-refractivity contribution is 6.03. The highest BCUT2D eigenvalue weighted by Gasteiger charge is 2.28. The summed E-state index contributed by atoms with van der Waals surface area (Å²) in [5.41, 5.74) is 0.739. The number of rotatable bonds is 4. The predicted molar refractivity (Wildman–Crippen MR) is 74.4 cm³/mol. The molecule has 0 radical (unpaired) electrons. The molecule has 1 aliphatic heterocycles. The molecule has 0 aromatic heterocycles. The fraction of sp³-hybridized carbons (Fsp3) is 0.357. The Morgan fingerprint density at radius 1 is 1.43 bits per heavy atom. The molecule has 7 nitrogen and oxygen atoms in total. The molecule has 0 saturated carbocycles. The smallest absolute Gasteiger partial charge is 0.305 e. The standard InChI is InChI=1S/C14H16N2O5/c1-8-13(19)15-10-5-3-4-9(12(10)21-8)14(20)16(2)7-6-11(17)18/h3-5,8H,6-7H2,1-2H3,(H,15,19)(H,17,18). The molecule has 1 atom stereocenters. The van der Waals surface area contributed by atoms with E-state index < -0.39 is 12.1 Å². The first-order chi connectivity index (χ1) is 9.90. The predicted octanol–water partition coefficient (Wildman–Crippen LogP) is 0.953. The highest BCUT2D eigenvalue weighted by atomic mass is 16.5. The number of para-hydroxylation sites is 1. The van der Waals surface area contributed by atoms with Gasteiger partial charge in [-0.05, 0) is 19.1 Å². The number of carboxylic acids is 1. The van der Waals surface area contributed by atoms with Crippen LogP contribution in [0, 0.1) is 0 Å². The van der Waals surface area contributed by atoms with E-state index in [1.54, 1.807) is 25.1 Å². The minimum absolute atomic E-state index is 0.0970. The third kappa shape index (κ3) is 3.13. The van der Waals surface area contributed by atoms with Crippen LogP contribution >= 0.6 is 0 Å². The van der Waals surface area contributed by atoms with Crippen molar-refractivity contribution in [3.63, 3.8) is 0 Å². The molecule has 0 saturated heterocycles. The van der Waals surface area contributed by atoms with Crippen molar-refractivity contribution in [2.45, 2.75) is 19.4 Å². The van der Waals surface area contributed by atoms with Crippen LogP contribution < -0.4 is 10.1 Å². The second-order valence-corrected chi connectivity index (χ2v) is 4.80. The number of ether oxygens (including phenoxy) is 1. The van der Waals surface area contributed by atoms with Gasteiger partial charge in [0.1, 0.15) is 0 Å². The van der Waals surface area contributed by atoms with Gasteiger partial charge in [0.05, 0.1) is 17.7 Å². The Hall–Kier alpha value is -2.57. The monoisotopic (exact) mass is 292 g/mol. The maximum Gasteiger partial charge on any atom is 0.305 e. The lowest BCUT2D eigenvalue weighted by molar-refractivity contribution is -0.137. The minimum atomic E-state index is -0.970. The number of anilines is 1. The summed E-state index contributed by atoms with van der Waals surface area (Å²) in [4.78, 5) is 35.8. The third-order valence-corrected chi connectivity index (χ3v) is 3.17. The lowest BCUT2D eigenvalue weighted by atomic mass is 10.1. The van der Waals surface area contributed by atoms with Crippen molar-refractivity contribution in [2.24, 2.45) is 0 Å². The summed E-state index contributed by atoms with van der Waals surface area (Å²) < 4.78 is 5.50. The average Bonchev–Trinajstić information content (AvgIpc) is 2.44. The van der Waals surface area contributed by atoms with Gasteiger partial charge in [0.15, 0.2) is 11.9 Å². The fourth-order valence-corrected chi connectivity index (χ4v) is 1.97. The number of carbonyl (C=O) groups is 3. The van der Waals surface area contributed by atoms with Crippen LogP contribution in [0.4, 0.5) is 5.69 Å². The average molecular weight is 292 g/mol. The molecule has 1 aromatic carbocycles. The first kappa shape index (κ1) is 14.8. The Bertz CT molecular complexity index is 599. The van der Waals surface area contributed by atoms with Crippen LogP contribution in [0.25, 0.3) is 0 Å². The minimum Gasteiger partial charge on any atom is -0.481 e. The number of hydrogen-bond acceptors (Lipinski definition) is 4. The Morgan fingerprint density at radius 3 is 2.81 bits per heavy atom.